The number of nitro benzene ring substituents is 1. The zero-order valence-corrected chi connectivity index (χ0v) is 15.0. The minimum Gasteiger partial charge on any atom is -0.477 e. The number of ether oxygens (including phenoxy) is 3. The lowest BCUT2D eigenvalue weighted by molar-refractivity contribution is -0.385. The predicted octanol–water partition coefficient (Wildman–Crippen LogP) is 2.19. The van der Waals surface area contributed by atoms with E-state index in [0.29, 0.717) is 0 Å². The Morgan fingerprint density at radius 2 is 1.71 bits per heavy atom. The molecule has 0 bridgehead atoms. The predicted molar refractivity (Wildman–Crippen MR) is 96.3 cm³/mol. The molecule has 10 heteroatoms. The summed E-state index contributed by atoms with van der Waals surface area (Å²) in [4.78, 5) is 45.8. The van der Waals surface area contributed by atoms with Crippen LogP contribution in [-0.2, 0) is 14.3 Å². The Hall–Kier alpha value is -3.95. The van der Waals surface area contributed by atoms with Crippen molar-refractivity contribution in [3.8, 4) is 5.75 Å². The highest BCUT2D eigenvalue weighted by Gasteiger charge is 2.20. The maximum atomic E-state index is 12.1. The Morgan fingerprint density at radius 1 is 1.04 bits per heavy atom. The summed E-state index contributed by atoms with van der Waals surface area (Å²) < 4.78 is 14.4. The lowest BCUT2D eigenvalue weighted by atomic mass is 10.2. The molecule has 0 aliphatic carbocycles. The third-order valence-corrected chi connectivity index (χ3v) is 3.54. The van der Waals surface area contributed by atoms with Gasteiger partial charge in [0.05, 0.1) is 36.0 Å². The smallest absolute Gasteiger partial charge is 0.339 e. The Morgan fingerprint density at radius 3 is 2.36 bits per heavy atom. The van der Waals surface area contributed by atoms with Gasteiger partial charge in [-0.25, -0.2) is 9.59 Å². The number of para-hydroxylation sites is 1. The van der Waals surface area contributed by atoms with E-state index in [-0.39, 0.29) is 22.6 Å². The van der Waals surface area contributed by atoms with Gasteiger partial charge < -0.3 is 19.5 Å². The van der Waals surface area contributed by atoms with Gasteiger partial charge in [0, 0.05) is 6.07 Å². The second kappa shape index (κ2) is 9.12. The minimum atomic E-state index is -0.744. The molecule has 0 unspecified atom stereocenters. The molecule has 0 aromatic heterocycles. The Bertz CT molecular complexity index is 926. The van der Waals surface area contributed by atoms with E-state index in [1.807, 2.05) is 0 Å². The number of hydrogen-bond acceptors (Lipinski definition) is 8. The van der Waals surface area contributed by atoms with E-state index in [2.05, 4.69) is 14.8 Å². The highest BCUT2D eigenvalue weighted by Crippen LogP contribution is 2.28. The van der Waals surface area contributed by atoms with E-state index >= 15 is 0 Å². The molecule has 2 aromatic carbocycles. The summed E-state index contributed by atoms with van der Waals surface area (Å²) in [5.74, 6) is -2.23. The average Bonchev–Trinajstić information content (AvgIpc) is 2.71. The lowest BCUT2D eigenvalue weighted by Crippen LogP contribution is -2.22. The van der Waals surface area contributed by atoms with Gasteiger partial charge in [0.2, 0.25) is 0 Å². The van der Waals surface area contributed by atoms with E-state index in [9.17, 15) is 24.5 Å². The molecule has 0 radical (unpaired) electrons. The van der Waals surface area contributed by atoms with E-state index in [1.54, 1.807) is 12.1 Å². The number of anilines is 1. The van der Waals surface area contributed by atoms with E-state index < -0.39 is 35.1 Å². The zero-order chi connectivity index (χ0) is 20.7. The van der Waals surface area contributed by atoms with Crippen molar-refractivity contribution in [2.75, 3.05) is 26.1 Å². The first kappa shape index (κ1) is 20.4. The van der Waals surface area contributed by atoms with Crippen LogP contribution in [0.4, 0.5) is 11.4 Å². The van der Waals surface area contributed by atoms with Gasteiger partial charge in [0.15, 0.2) is 12.4 Å². The number of rotatable bonds is 7. The van der Waals surface area contributed by atoms with Crippen LogP contribution in [-0.4, -0.2) is 43.6 Å². The molecule has 1 amide bonds. The van der Waals surface area contributed by atoms with Gasteiger partial charge in [0.1, 0.15) is 0 Å². The van der Waals surface area contributed by atoms with Crippen molar-refractivity contribution in [2.45, 2.75) is 0 Å². The fourth-order valence-corrected chi connectivity index (χ4v) is 2.24. The molecule has 0 spiro atoms. The van der Waals surface area contributed by atoms with Gasteiger partial charge in [-0.2, -0.15) is 0 Å². The maximum Gasteiger partial charge on any atom is 0.339 e. The summed E-state index contributed by atoms with van der Waals surface area (Å²) >= 11 is 0. The van der Waals surface area contributed by atoms with Crippen LogP contribution in [0.15, 0.2) is 42.5 Å². The number of benzene rings is 2. The van der Waals surface area contributed by atoms with Crippen LogP contribution in [0.5, 0.6) is 5.75 Å². The van der Waals surface area contributed by atoms with Gasteiger partial charge in [-0.3, -0.25) is 14.9 Å². The van der Waals surface area contributed by atoms with Gasteiger partial charge in [-0.1, -0.05) is 12.1 Å². The fourth-order valence-electron chi connectivity index (χ4n) is 2.24. The molecule has 146 valence electrons. The van der Waals surface area contributed by atoms with Crippen molar-refractivity contribution in [3.63, 3.8) is 0 Å². The van der Waals surface area contributed by atoms with Crippen molar-refractivity contribution >= 4 is 29.2 Å². The number of hydrogen-bond donors (Lipinski definition) is 1. The molecule has 0 fully saturated rings. The zero-order valence-electron chi connectivity index (χ0n) is 15.0. The van der Waals surface area contributed by atoms with E-state index in [4.69, 9.17) is 4.74 Å². The quantitative estimate of drug-likeness (QED) is 0.433. The summed E-state index contributed by atoms with van der Waals surface area (Å²) in [6, 6.07) is 9.64. The highest BCUT2D eigenvalue weighted by atomic mass is 16.6. The van der Waals surface area contributed by atoms with Crippen molar-refractivity contribution in [1.82, 2.24) is 0 Å². The molecule has 0 saturated heterocycles. The first-order valence-electron chi connectivity index (χ1n) is 7.84. The number of methoxy groups -OCH3 is 2. The first-order chi connectivity index (χ1) is 13.4. The molecule has 0 atom stereocenters. The molecule has 2 aromatic rings. The standard InChI is InChI=1S/C18H16N2O8/c1-26-17(22)11-7-8-15(14(9-11)20(24)25)28-10-16(21)19-13-6-4-3-5-12(13)18(23)27-2/h3-9H,10H2,1-2H3,(H,19,21). The van der Waals surface area contributed by atoms with Crippen molar-refractivity contribution in [3.05, 3.63) is 63.7 Å². The summed E-state index contributed by atoms with van der Waals surface area (Å²) in [6.07, 6.45) is 0. The topological polar surface area (TPSA) is 134 Å². The third-order valence-electron chi connectivity index (χ3n) is 3.54. The second-order valence-corrected chi connectivity index (χ2v) is 5.31. The number of nitrogens with one attached hydrogen (secondary N) is 1. The Balaban J connectivity index is 2.12. The monoisotopic (exact) mass is 388 g/mol. The van der Waals surface area contributed by atoms with E-state index in [0.717, 1.165) is 13.2 Å². The number of nitro groups is 1. The number of esters is 2. The molecular weight excluding hydrogens is 372 g/mol. The molecule has 0 aliphatic heterocycles. The molecule has 1 N–H and O–H groups in total. The lowest BCUT2D eigenvalue weighted by Gasteiger charge is -2.11. The highest BCUT2D eigenvalue weighted by molar-refractivity contribution is 6.01. The van der Waals surface area contributed by atoms with Gasteiger partial charge in [-0.05, 0) is 24.3 Å². The van der Waals surface area contributed by atoms with Crippen LogP contribution in [0.2, 0.25) is 0 Å². The van der Waals surface area contributed by atoms with Crippen LogP contribution in [0.3, 0.4) is 0 Å². The fraction of sp³-hybridized carbons (Fsp3) is 0.167. The van der Waals surface area contributed by atoms with Gasteiger partial charge in [-0.15, -0.1) is 0 Å². The first-order valence-corrected chi connectivity index (χ1v) is 7.84. The summed E-state index contributed by atoms with van der Waals surface area (Å²) in [6.45, 7) is -0.562. The number of amides is 1. The number of carbonyl (C=O) groups is 3. The average molecular weight is 388 g/mol. The molecule has 10 nitrogen and oxygen atoms in total. The Labute approximate surface area is 159 Å². The van der Waals surface area contributed by atoms with Crippen LogP contribution in [0.1, 0.15) is 20.7 Å². The number of carbonyl (C=O) groups excluding carboxylic acids is 3. The maximum absolute atomic E-state index is 12.1. The summed E-state index contributed by atoms with van der Waals surface area (Å²) in [7, 11) is 2.36. The summed E-state index contributed by atoms with van der Waals surface area (Å²) in [5, 5.41) is 13.7. The van der Waals surface area contributed by atoms with Crippen LogP contribution in [0.25, 0.3) is 0 Å². The van der Waals surface area contributed by atoms with Crippen LogP contribution < -0.4 is 10.1 Å². The van der Waals surface area contributed by atoms with Crippen molar-refractivity contribution < 1.29 is 33.5 Å². The molecule has 2 rings (SSSR count). The third kappa shape index (κ3) is 4.81. The number of nitrogens with zero attached hydrogens (tertiary/aromatic N) is 1. The Kier molecular flexibility index (Phi) is 6.63. The van der Waals surface area contributed by atoms with Gasteiger partial charge >= 0.3 is 17.6 Å². The minimum absolute atomic E-state index is 0.0296. The van der Waals surface area contributed by atoms with Crippen molar-refractivity contribution in [2.24, 2.45) is 0 Å². The summed E-state index contributed by atoms with van der Waals surface area (Å²) in [5.41, 5.74) is -0.172. The molecule has 0 heterocycles. The molecule has 0 saturated carbocycles. The normalized spacial score (nSPS) is 9.93. The van der Waals surface area contributed by atoms with E-state index in [1.165, 1.54) is 31.4 Å². The molecule has 0 aliphatic rings. The molecule has 28 heavy (non-hydrogen) atoms. The second-order valence-electron chi connectivity index (χ2n) is 5.31. The van der Waals surface area contributed by atoms with Crippen LogP contribution >= 0.6 is 0 Å². The van der Waals surface area contributed by atoms with Gasteiger partial charge in [0.25, 0.3) is 5.91 Å². The van der Waals surface area contributed by atoms with Crippen molar-refractivity contribution in [1.29, 1.82) is 0 Å². The SMILES string of the molecule is COC(=O)c1ccc(OCC(=O)Nc2ccccc2C(=O)OC)c([N+](=O)[O-])c1. The molecular formula is C18H16N2O8. The van der Waals surface area contributed by atoms with Crippen LogP contribution in [0, 0.1) is 10.1 Å². The largest absolute Gasteiger partial charge is 0.477 e.